The molecule has 1 spiro atoms. The molecule has 228 valence electrons. The first-order valence-electron chi connectivity index (χ1n) is 15.6. The Morgan fingerprint density at radius 1 is 1.15 bits per heavy atom. The highest BCUT2D eigenvalue weighted by molar-refractivity contribution is 5.78. The van der Waals surface area contributed by atoms with Gasteiger partial charge in [0.15, 0.2) is 5.79 Å². The van der Waals surface area contributed by atoms with Crippen molar-refractivity contribution in [2.24, 2.45) is 23.7 Å². The number of hydrogen-bond donors (Lipinski definition) is 1. The van der Waals surface area contributed by atoms with Crippen LogP contribution < -0.4 is 0 Å². The normalized spacial score (nSPS) is 47.0. The molecule has 0 radical (unpaired) electrons. The van der Waals surface area contributed by atoms with E-state index in [2.05, 4.69) is 46.8 Å². The van der Waals surface area contributed by atoms with E-state index in [1.807, 2.05) is 25.2 Å². The molecule has 5 rings (SSSR count). The first-order chi connectivity index (χ1) is 19.5. The summed E-state index contributed by atoms with van der Waals surface area (Å²) in [6.07, 6.45) is 13.1. The minimum atomic E-state index is -1.56. The molecular weight excluding hydrogens is 520 g/mol. The predicted octanol–water partition coefficient (Wildman–Crippen LogP) is 5.82. The van der Waals surface area contributed by atoms with E-state index in [4.69, 9.17) is 23.7 Å². The highest BCUT2D eigenvalue weighted by atomic mass is 16.7. The van der Waals surface area contributed by atoms with Gasteiger partial charge in [0.05, 0.1) is 18.8 Å². The van der Waals surface area contributed by atoms with Gasteiger partial charge in [-0.1, -0.05) is 63.6 Å². The zero-order chi connectivity index (χ0) is 29.5. The number of esters is 1. The van der Waals surface area contributed by atoms with Gasteiger partial charge in [-0.2, -0.15) is 0 Å². The summed E-state index contributed by atoms with van der Waals surface area (Å²) < 4.78 is 31.7. The molecule has 4 heterocycles. The highest BCUT2D eigenvalue weighted by Gasteiger charge is 2.60. The molecule has 3 fully saturated rings. The molecule has 0 aromatic rings. The van der Waals surface area contributed by atoms with Crippen molar-refractivity contribution in [2.45, 2.75) is 122 Å². The number of ether oxygens (including phenoxy) is 5. The lowest BCUT2D eigenvalue weighted by Gasteiger charge is -2.50. The molecule has 1 aliphatic carbocycles. The van der Waals surface area contributed by atoms with Crippen LogP contribution in [0.15, 0.2) is 47.1 Å². The number of carbonyl (C=O) groups is 1. The van der Waals surface area contributed by atoms with Gasteiger partial charge < -0.3 is 28.8 Å². The molecule has 4 aliphatic heterocycles. The summed E-state index contributed by atoms with van der Waals surface area (Å²) in [5.74, 6) is -1.01. The molecule has 7 nitrogen and oxygen atoms in total. The third kappa shape index (κ3) is 6.03. The van der Waals surface area contributed by atoms with Crippen LogP contribution >= 0.6 is 0 Å². The number of carbonyl (C=O) groups excluding carboxylic acids is 1. The molecule has 2 unspecified atom stereocenters. The third-order valence-electron chi connectivity index (χ3n) is 9.89. The molecule has 2 bridgehead atoms. The first-order valence-corrected chi connectivity index (χ1v) is 15.6. The Morgan fingerprint density at radius 3 is 2.66 bits per heavy atom. The number of methoxy groups -OCH3 is 1. The van der Waals surface area contributed by atoms with Crippen LogP contribution in [0, 0.1) is 23.7 Å². The molecule has 0 aromatic carbocycles. The lowest BCUT2D eigenvalue weighted by atomic mass is 9.70. The fourth-order valence-corrected chi connectivity index (χ4v) is 7.78. The second-order valence-electron chi connectivity index (χ2n) is 13.6. The van der Waals surface area contributed by atoms with E-state index in [1.165, 1.54) is 5.57 Å². The smallest absolute Gasteiger partial charge is 0.316 e. The van der Waals surface area contributed by atoms with E-state index in [-0.39, 0.29) is 24.9 Å². The van der Waals surface area contributed by atoms with Gasteiger partial charge in [0.1, 0.15) is 29.8 Å². The van der Waals surface area contributed by atoms with Crippen LogP contribution in [0.1, 0.15) is 80.1 Å². The Bertz CT molecular complexity index is 1100. The largest absolute Gasteiger partial charge is 0.462 e. The van der Waals surface area contributed by atoms with E-state index in [0.29, 0.717) is 36.2 Å². The molecule has 5 aliphatic rings. The minimum Gasteiger partial charge on any atom is -0.462 e. The maximum Gasteiger partial charge on any atom is 0.316 e. The first kappa shape index (κ1) is 30.7. The number of hydrogen-bond acceptors (Lipinski definition) is 7. The second-order valence-corrected chi connectivity index (χ2v) is 13.6. The van der Waals surface area contributed by atoms with Gasteiger partial charge >= 0.3 is 5.97 Å². The lowest BCUT2D eigenvalue weighted by Crippen LogP contribution is -2.58. The molecule has 0 aromatic heterocycles. The zero-order valence-electron chi connectivity index (χ0n) is 25.9. The Labute approximate surface area is 246 Å². The van der Waals surface area contributed by atoms with Gasteiger partial charge in [0.2, 0.25) is 0 Å². The van der Waals surface area contributed by atoms with Crippen molar-refractivity contribution < 1.29 is 33.6 Å². The van der Waals surface area contributed by atoms with Crippen LogP contribution in [0.2, 0.25) is 0 Å². The van der Waals surface area contributed by atoms with Crippen molar-refractivity contribution in [3.63, 3.8) is 0 Å². The number of aliphatic hydroxyl groups is 1. The Morgan fingerprint density at radius 2 is 1.93 bits per heavy atom. The molecule has 10 atom stereocenters. The summed E-state index contributed by atoms with van der Waals surface area (Å²) in [7, 11) is 1.61. The number of rotatable bonds is 2. The molecule has 7 heteroatoms. The minimum absolute atomic E-state index is 0.0846. The van der Waals surface area contributed by atoms with E-state index in [0.717, 1.165) is 31.3 Å². The Kier molecular flexibility index (Phi) is 9.04. The topological polar surface area (TPSA) is 83.5 Å². The second kappa shape index (κ2) is 12.1. The average molecular weight is 571 g/mol. The quantitative estimate of drug-likeness (QED) is 0.331. The van der Waals surface area contributed by atoms with Gasteiger partial charge in [-0.05, 0) is 62.0 Å². The molecule has 3 saturated heterocycles. The lowest BCUT2D eigenvalue weighted by molar-refractivity contribution is -0.340. The Hall–Kier alpha value is -1.77. The average Bonchev–Trinajstić information content (AvgIpc) is 3.24. The van der Waals surface area contributed by atoms with Crippen LogP contribution in [0.25, 0.3) is 0 Å². The zero-order valence-corrected chi connectivity index (χ0v) is 25.9. The third-order valence-corrected chi connectivity index (χ3v) is 9.89. The molecule has 0 saturated carbocycles. The fraction of sp³-hybridized carbons (Fsp3) is 0.735. The summed E-state index contributed by atoms with van der Waals surface area (Å²) in [6.45, 7) is 13.1. The van der Waals surface area contributed by atoms with Crippen molar-refractivity contribution in [1.82, 2.24) is 0 Å². The van der Waals surface area contributed by atoms with Gasteiger partial charge in [-0.3, -0.25) is 4.79 Å². The highest BCUT2D eigenvalue weighted by Crippen LogP contribution is 2.48. The molecule has 0 amide bonds. The van der Waals surface area contributed by atoms with E-state index >= 15 is 0 Å². The van der Waals surface area contributed by atoms with Gasteiger partial charge in [0, 0.05) is 26.4 Å². The summed E-state index contributed by atoms with van der Waals surface area (Å²) in [6, 6.07) is 0. The maximum atomic E-state index is 14.0. The monoisotopic (exact) mass is 570 g/mol. The van der Waals surface area contributed by atoms with Crippen LogP contribution in [-0.4, -0.2) is 66.7 Å². The standard InChI is InChI=1S/C34H50O7/c1-20(2)29-23(5)13-14-33(41-29)18-27-17-26(40-33)12-11-22(4)15-21(3)9-8-10-25-19-38-31-30(37-7)24(6)16-28(32(35)39-27)34(25,31)36/h8-11,16,20-21,23,26-31,36H,12-15,17-19H2,1-7H3/b9-8+,22-11+,25-10+/t21-,23-,26+,27-,28-,29?,30+,31?,33+,34+/m0/s1. The van der Waals surface area contributed by atoms with Crippen LogP contribution in [0.3, 0.4) is 0 Å². The van der Waals surface area contributed by atoms with Crippen molar-refractivity contribution in [1.29, 1.82) is 0 Å². The predicted molar refractivity (Wildman–Crippen MR) is 157 cm³/mol. The van der Waals surface area contributed by atoms with Crippen molar-refractivity contribution in [2.75, 3.05) is 13.7 Å². The summed E-state index contributed by atoms with van der Waals surface area (Å²) in [5, 5.41) is 12.3. The molecule has 41 heavy (non-hydrogen) atoms. The van der Waals surface area contributed by atoms with Crippen LogP contribution in [0.5, 0.6) is 0 Å². The number of fused-ring (bicyclic) bond motifs is 2. The summed E-state index contributed by atoms with van der Waals surface area (Å²) in [5.41, 5.74) is 1.27. The van der Waals surface area contributed by atoms with E-state index < -0.39 is 35.5 Å². The van der Waals surface area contributed by atoms with E-state index in [1.54, 1.807) is 7.11 Å². The van der Waals surface area contributed by atoms with E-state index in [9.17, 15) is 9.90 Å². The summed E-state index contributed by atoms with van der Waals surface area (Å²) in [4.78, 5) is 14.0. The fourth-order valence-electron chi connectivity index (χ4n) is 7.78. The van der Waals surface area contributed by atoms with Crippen LogP contribution in [0.4, 0.5) is 0 Å². The van der Waals surface area contributed by atoms with Crippen molar-refractivity contribution in [3.05, 3.63) is 47.1 Å². The van der Waals surface area contributed by atoms with Crippen LogP contribution in [-0.2, 0) is 28.5 Å². The van der Waals surface area contributed by atoms with Gasteiger partial charge in [-0.15, -0.1) is 0 Å². The molecular formula is C34H50O7. The van der Waals surface area contributed by atoms with Gasteiger partial charge in [-0.25, -0.2) is 0 Å². The Balaban J connectivity index is 1.52. The van der Waals surface area contributed by atoms with Crippen molar-refractivity contribution in [3.8, 4) is 0 Å². The number of allylic oxidation sites excluding steroid dienone is 4. The van der Waals surface area contributed by atoms with Crippen molar-refractivity contribution >= 4 is 5.97 Å². The SMILES string of the molecule is CO[C@@H]1C(C)=C[C@H]2C(=O)O[C@H]3C[C@@H](C/C=C(\C)C[C@@H](C)/C=C/C=C4\COC1[C@@]42O)O[C@@]1(CC[C@H](C)C(C(C)C)O1)C3. The maximum absolute atomic E-state index is 14.0. The molecule has 1 N–H and O–H groups in total. The van der Waals surface area contributed by atoms with Gasteiger partial charge in [0.25, 0.3) is 0 Å². The summed E-state index contributed by atoms with van der Waals surface area (Å²) >= 11 is 0.